The zero-order chi connectivity index (χ0) is 22.6. The Morgan fingerprint density at radius 3 is 2.39 bits per heavy atom. The molecule has 1 saturated heterocycles. The van der Waals surface area contributed by atoms with Crippen molar-refractivity contribution in [2.45, 2.75) is 57.4 Å². The lowest BCUT2D eigenvalue weighted by Gasteiger charge is -2.26. The number of rotatable bonds is 7. The number of carbonyl (C=O) groups excluding carboxylic acids is 1. The Hall–Kier alpha value is -2.38. The molecule has 0 saturated carbocycles. The van der Waals surface area contributed by atoms with Crippen LogP contribution in [0.25, 0.3) is 0 Å². The summed E-state index contributed by atoms with van der Waals surface area (Å²) < 4.78 is 33.0. The third-order valence-corrected chi connectivity index (χ3v) is 7.84. The maximum atomic E-state index is 13.1. The number of nitrogens with zero attached hydrogens (tertiary/aromatic N) is 1. The molecular formula is C24H32N2O4S. The van der Waals surface area contributed by atoms with Crippen molar-refractivity contribution in [2.24, 2.45) is 0 Å². The first kappa shape index (κ1) is 23.3. The summed E-state index contributed by atoms with van der Waals surface area (Å²) in [6, 6.07) is 10.5. The number of sulfonamides is 1. The zero-order valence-electron chi connectivity index (χ0n) is 18.8. The summed E-state index contributed by atoms with van der Waals surface area (Å²) in [5.41, 5.74) is 3.13. The zero-order valence-corrected chi connectivity index (χ0v) is 19.6. The van der Waals surface area contributed by atoms with Gasteiger partial charge in [-0.25, -0.2) is 8.42 Å². The number of carbonyl (C=O) groups is 1. The molecule has 1 atom stereocenters. The van der Waals surface area contributed by atoms with E-state index in [1.165, 1.54) is 10.4 Å². The predicted molar refractivity (Wildman–Crippen MR) is 122 cm³/mol. The minimum absolute atomic E-state index is 0.179. The van der Waals surface area contributed by atoms with Gasteiger partial charge in [0.1, 0.15) is 5.75 Å². The molecule has 0 unspecified atom stereocenters. The quantitative estimate of drug-likeness (QED) is 0.688. The van der Waals surface area contributed by atoms with E-state index in [0.717, 1.165) is 41.7 Å². The molecule has 168 valence electrons. The summed E-state index contributed by atoms with van der Waals surface area (Å²) in [7, 11) is -1.96. The molecule has 0 aliphatic carbocycles. The van der Waals surface area contributed by atoms with E-state index in [1.54, 1.807) is 19.2 Å². The Kier molecular flexibility index (Phi) is 7.38. The van der Waals surface area contributed by atoms with Gasteiger partial charge in [0.25, 0.3) is 5.91 Å². The fraction of sp³-hybridized carbons (Fsp3) is 0.458. The number of nitrogens with one attached hydrogen (secondary N) is 1. The van der Waals surface area contributed by atoms with E-state index >= 15 is 0 Å². The van der Waals surface area contributed by atoms with E-state index < -0.39 is 10.0 Å². The van der Waals surface area contributed by atoms with Gasteiger partial charge < -0.3 is 10.1 Å². The first-order chi connectivity index (χ1) is 14.8. The van der Waals surface area contributed by atoms with E-state index in [2.05, 4.69) is 5.32 Å². The topological polar surface area (TPSA) is 75.7 Å². The first-order valence-electron chi connectivity index (χ1n) is 10.8. The molecule has 1 fully saturated rings. The molecule has 1 heterocycles. The highest BCUT2D eigenvalue weighted by atomic mass is 32.2. The summed E-state index contributed by atoms with van der Waals surface area (Å²) >= 11 is 0. The smallest absolute Gasteiger partial charge is 0.252 e. The van der Waals surface area contributed by atoms with Crippen LogP contribution in [0.1, 0.15) is 65.7 Å². The number of hydrogen-bond acceptors (Lipinski definition) is 4. The summed E-state index contributed by atoms with van der Waals surface area (Å²) in [6.07, 6.45) is 3.51. The van der Waals surface area contributed by atoms with Gasteiger partial charge in [-0.05, 0) is 68.0 Å². The molecule has 1 amide bonds. The van der Waals surface area contributed by atoms with Gasteiger partial charge in [0, 0.05) is 18.7 Å². The highest BCUT2D eigenvalue weighted by molar-refractivity contribution is 7.89. The average molecular weight is 445 g/mol. The maximum absolute atomic E-state index is 13.1. The van der Waals surface area contributed by atoms with Gasteiger partial charge in [-0.1, -0.05) is 31.5 Å². The standard InChI is InChI=1S/C24H32N2O4S/c1-5-22(19-10-12-23(30-4)18(3)15-19)25-24(27)21-16-20(11-9-17(21)2)31(28,29)26-13-7-6-8-14-26/h9-12,15-16,22H,5-8,13-14H2,1-4H3,(H,25,27)/t22-/m1/s1. The number of benzene rings is 2. The molecule has 3 rings (SSSR count). The van der Waals surface area contributed by atoms with Crippen molar-refractivity contribution in [3.63, 3.8) is 0 Å². The van der Waals surface area contributed by atoms with Crippen molar-refractivity contribution in [3.05, 3.63) is 58.7 Å². The van der Waals surface area contributed by atoms with E-state index in [1.807, 2.05) is 39.0 Å². The molecule has 0 aromatic heterocycles. The predicted octanol–water partition coefficient (Wildman–Crippen LogP) is 4.37. The second-order valence-corrected chi connectivity index (χ2v) is 10.0. The van der Waals surface area contributed by atoms with Gasteiger partial charge in [-0.3, -0.25) is 4.79 Å². The molecule has 7 heteroatoms. The molecule has 1 aliphatic rings. The third kappa shape index (κ3) is 5.10. The van der Waals surface area contributed by atoms with Crippen molar-refractivity contribution >= 4 is 15.9 Å². The van der Waals surface area contributed by atoms with Gasteiger partial charge in [-0.15, -0.1) is 0 Å². The molecule has 31 heavy (non-hydrogen) atoms. The van der Waals surface area contributed by atoms with Crippen molar-refractivity contribution in [1.29, 1.82) is 0 Å². The molecule has 2 aromatic rings. The van der Waals surface area contributed by atoms with E-state index in [9.17, 15) is 13.2 Å². The Morgan fingerprint density at radius 2 is 1.77 bits per heavy atom. The number of aryl methyl sites for hydroxylation is 2. The monoisotopic (exact) mass is 444 g/mol. The lowest BCUT2D eigenvalue weighted by Crippen LogP contribution is -2.36. The Balaban J connectivity index is 1.85. The first-order valence-corrected chi connectivity index (χ1v) is 12.3. The largest absolute Gasteiger partial charge is 0.496 e. The minimum atomic E-state index is -3.59. The number of piperidine rings is 1. The lowest BCUT2D eigenvalue weighted by atomic mass is 10.0. The SMILES string of the molecule is CC[C@@H](NC(=O)c1cc(S(=O)(=O)N2CCCCC2)ccc1C)c1ccc(OC)c(C)c1. The fourth-order valence-electron chi connectivity index (χ4n) is 4.04. The van der Waals surface area contributed by atoms with Crippen molar-refractivity contribution in [3.8, 4) is 5.75 Å². The second-order valence-electron chi connectivity index (χ2n) is 8.10. The van der Waals surface area contributed by atoms with Crippen molar-refractivity contribution in [1.82, 2.24) is 9.62 Å². The van der Waals surface area contributed by atoms with Crippen LogP contribution in [0.2, 0.25) is 0 Å². The van der Waals surface area contributed by atoms with Crippen LogP contribution < -0.4 is 10.1 Å². The van der Waals surface area contributed by atoms with Crippen LogP contribution in [-0.4, -0.2) is 38.8 Å². The number of ether oxygens (including phenoxy) is 1. The third-order valence-electron chi connectivity index (χ3n) is 5.94. The minimum Gasteiger partial charge on any atom is -0.496 e. The van der Waals surface area contributed by atoms with E-state index in [0.29, 0.717) is 25.1 Å². The van der Waals surface area contributed by atoms with Crippen LogP contribution in [0.15, 0.2) is 41.3 Å². The summed E-state index contributed by atoms with van der Waals surface area (Å²) in [5, 5.41) is 3.07. The normalized spacial score (nSPS) is 16.0. The van der Waals surface area contributed by atoms with Gasteiger partial charge in [-0.2, -0.15) is 4.31 Å². The number of methoxy groups -OCH3 is 1. The lowest BCUT2D eigenvalue weighted by molar-refractivity contribution is 0.0934. The van der Waals surface area contributed by atoms with Crippen LogP contribution >= 0.6 is 0 Å². The molecule has 1 aliphatic heterocycles. The highest BCUT2D eigenvalue weighted by Gasteiger charge is 2.27. The van der Waals surface area contributed by atoms with Crippen molar-refractivity contribution in [2.75, 3.05) is 20.2 Å². The molecule has 0 radical (unpaired) electrons. The van der Waals surface area contributed by atoms with Gasteiger partial charge in [0.15, 0.2) is 0 Å². The van der Waals surface area contributed by atoms with E-state index in [-0.39, 0.29) is 16.8 Å². The van der Waals surface area contributed by atoms with Crippen LogP contribution in [0.5, 0.6) is 5.75 Å². The maximum Gasteiger partial charge on any atom is 0.252 e. The van der Waals surface area contributed by atoms with E-state index in [4.69, 9.17) is 4.74 Å². The molecule has 0 bridgehead atoms. The second kappa shape index (κ2) is 9.83. The molecule has 6 nitrogen and oxygen atoms in total. The van der Waals surface area contributed by atoms with Crippen LogP contribution in [-0.2, 0) is 10.0 Å². The van der Waals surface area contributed by atoms with Crippen LogP contribution in [0.3, 0.4) is 0 Å². The number of hydrogen-bond donors (Lipinski definition) is 1. The van der Waals surface area contributed by atoms with Crippen LogP contribution in [0, 0.1) is 13.8 Å². The Labute approximate surface area is 185 Å². The van der Waals surface area contributed by atoms with Gasteiger partial charge in [0.05, 0.1) is 18.0 Å². The fourth-order valence-corrected chi connectivity index (χ4v) is 5.58. The van der Waals surface area contributed by atoms with Gasteiger partial charge in [0.2, 0.25) is 10.0 Å². The molecule has 0 spiro atoms. The van der Waals surface area contributed by atoms with Crippen molar-refractivity contribution < 1.29 is 17.9 Å². The average Bonchev–Trinajstić information content (AvgIpc) is 2.78. The number of amides is 1. The molecular weight excluding hydrogens is 412 g/mol. The molecule has 2 aromatic carbocycles. The summed E-state index contributed by atoms with van der Waals surface area (Å²) in [6.45, 7) is 6.87. The Bertz CT molecular complexity index is 1040. The molecule has 1 N–H and O–H groups in total. The van der Waals surface area contributed by atoms with Gasteiger partial charge >= 0.3 is 0 Å². The Morgan fingerprint density at radius 1 is 1.06 bits per heavy atom. The highest BCUT2D eigenvalue weighted by Crippen LogP contribution is 2.26. The van der Waals surface area contributed by atoms with Crippen LogP contribution in [0.4, 0.5) is 0 Å². The summed E-state index contributed by atoms with van der Waals surface area (Å²) in [5.74, 6) is 0.532. The summed E-state index contributed by atoms with van der Waals surface area (Å²) in [4.78, 5) is 13.3.